The molecule has 4 rings (SSSR count). The zero-order valence-electron chi connectivity index (χ0n) is 14.3. The molecule has 0 bridgehead atoms. The summed E-state index contributed by atoms with van der Waals surface area (Å²) >= 11 is 0. The monoisotopic (exact) mass is 337 g/mol. The van der Waals surface area contributed by atoms with Crippen molar-refractivity contribution in [2.24, 2.45) is 0 Å². The van der Waals surface area contributed by atoms with Crippen LogP contribution in [0.2, 0.25) is 0 Å². The lowest BCUT2D eigenvalue weighted by molar-refractivity contribution is 0.0853. The number of rotatable bonds is 4. The molecule has 25 heavy (non-hydrogen) atoms. The molecule has 5 heteroatoms. The number of hydrogen-bond donors (Lipinski definition) is 1. The molecule has 0 saturated carbocycles. The third-order valence-corrected chi connectivity index (χ3v) is 4.99. The lowest BCUT2D eigenvalue weighted by Gasteiger charge is -2.30. The van der Waals surface area contributed by atoms with Gasteiger partial charge in [0.1, 0.15) is 5.69 Å². The quantitative estimate of drug-likeness (QED) is 0.932. The van der Waals surface area contributed by atoms with Crippen LogP contribution < -0.4 is 10.2 Å². The topological polar surface area (TPSA) is 54.5 Å². The van der Waals surface area contributed by atoms with Crippen molar-refractivity contribution in [1.82, 2.24) is 10.3 Å². The second-order valence-corrected chi connectivity index (χ2v) is 6.69. The highest BCUT2D eigenvalue weighted by atomic mass is 16.5. The fourth-order valence-corrected chi connectivity index (χ4v) is 3.53. The van der Waals surface area contributed by atoms with Crippen molar-refractivity contribution in [2.45, 2.75) is 31.9 Å². The molecule has 1 amide bonds. The lowest BCUT2D eigenvalue weighted by atomic mass is 10.00. The Morgan fingerprint density at radius 1 is 1.24 bits per heavy atom. The number of ether oxygens (including phenoxy) is 1. The molecule has 1 aromatic carbocycles. The predicted octanol–water partition coefficient (Wildman–Crippen LogP) is 2.55. The second kappa shape index (κ2) is 7.23. The first kappa shape index (κ1) is 16.1. The van der Waals surface area contributed by atoms with E-state index in [9.17, 15) is 4.79 Å². The Kier molecular flexibility index (Phi) is 4.65. The fourth-order valence-electron chi connectivity index (χ4n) is 3.53. The fraction of sp³-hybridized carbons (Fsp3) is 0.400. The number of anilines is 1. The van der Waals surface area contributed by atoms with Crippen LogP contribution in [0.1, 0.15) is 34.5 Å². The number of carbonyl (C=O) groups is 1. The van der Waals surface area contributed by atoms with E-state index in [1.54, 1.807) is 12.3 Å². The van der Waals surface area contributed by atoms with Gasteiger partial charge in [-0.05, 0) is 42.5 Å². The largest absolute Gasteiger partial charge is 0.376 e. The predicted molar refractivity (Wildman–Crippen MR) is 96.7 cm³/mol. The van der Waals surface area contributed by atoms with Gasteiger partial charge in [0.25, 0.3) is 5.91 Å². The van der Waals surface area contributed by atoms with Crippen LogP contribution in [0.4, 0.5) is 5.69 Å². The molecule has 2 aliphatic rings. The normalized spacial score (nSPS) is 19.5. The maximum atomic E-state index is 12.2. The molecular formula is C20H23N3O2. The summed E-state index contributed by atoms with van der Waals surface area (Å²) in [5.74, 6) is -0.133. The van der Waals surface area contributed by atoms with Gasteiger partial charge >= 0.3 is 0 Å². The number of amides is 1. The zero-order valence-corrected chi connectivity index (χ0v) is 14.3. The molecule has 1 atom stereocenters. The molecule has 0 aliphatic carbocycles. The SMILES string of the molecule is O=C(NCC1CCCO1)c1ccc(N2CCc3ccccc3C2)cn1. The smallest absolute Gasteiger partial charge is 0.269 e. The summed E-state index contributed by atoms with van der Waals surface area (Å²) in [6.45, 7) is 3.23. The Morgan fingerprint density at radius 3 is 2.88 bits per heavy atom. The molecule has 1 saturated heterocycles. The molecular weight excluding hydrogens is 314 g/mol. The number of pyridine rings is 1. The van der Waals surface area contributed by atoms with Gasteiger partial charge in [-0.1, -0.05) is 24.3 Å². The van der Waals surface area contributed by atoms with E-state index in [4.69, 9.17) is 4.74 Å². The van der Waals surface area contributed by atoms with E-state index in [2.05, 4.69) is 39.5 Å². The average Bonchev–Trinajstić information content (AvgIpc) is 3.19. The third kappa shape index (κ3) is 3.66. The van der Waals surface area contributed by atoms with Crippen molar-refractivity contribution in [3.05, 3.63) is 59.4 Å². The third-order valence-electron chi connectivity index (χ3n) is 4.99. The summed E-state index contributed by atoms with van der Waals surface area (Å²) < 4.78 is 5.52. The van der Waals surface area contributed by atoms with E-state index in [0.29, 0.717) is 12.2 Å². The molecule has 1 fully saturated rings. The summed E-state index contributed by atoms with van der Waals surface area (Å²) in [7, 11) is 0. The average molecular weight is 337 g/mol. The van der Waals surface area contributed by atoms with Crippen molar-refractivity contribution in [1.29, 1.82) is 0 Å². The molecule has 0 radical (unpaired) electrons. The number of hydrogen-bond acceptors (Lipinski definition) is 4. The highest BCUT2D eigenvalue weighted by Gasteiger charge is 2.19. The van der Waals surface area contributed by atoms with Crippen LogP contribution in [0.25, 0.3) is 0 Å². The maximum absolute atomic E-state index is 12.2. The molecule has 5 nitrogen and oxygen atoms in total. The first-order chi connectivity index (χ1) is 12.3. The van der Waals surface area contributed by atoms with Crippen molar-refractivity contribution >= 4 is 11.6 Å². The molecule has 130 valence electrons. The van der Waals surface area contributed by atoms with Gasteiger partial charge in [-0.2, -0.15) is 0 Å². The minimum absolute atomic E-state index is 0.133. The van der Waals surface area contributed by atoms with E-state index in [0.717, 1.165) is 44.6 Å². The first-order valence-electron chi connectivity index (χ1n) is 8.97. The molecule has 2 aliphatic heterocycles. The number of carbonyl (C=O) groups excluding carboxylic acids is 1. The van der Waals surface area contributed by atoms with E-state index in [1.807, 2.05) is 6.07 Å². The Balaban J connectivity index is 1.37. The number of nitrogens with zero attached hydrogens (tertiary/aromatic N) is 2. The van der Waals surface area contributed by atoms with Crippen molar-refractivity contribution in [2.75, 3.05) is 24.6 Å². The molecule has 0 spiro atoms. The molecule has 3 heterocycles. The molecule has 1 unspecified atom stereocenters. The van der Waals surface area contributed by atoms with Crippen LogP contribution in [0.5, 0.6) is 0 Å². The van der Waals surface area contributed by atoms with Crippen LogP contribution in [0.15, 0.2) is 42.6 Å². The summed E-state index contributed by atoms with van der Waals surface area (Å²) in [6.07, 6.45) is 5.08. The van der Waals surface area contributed by atoms with Gasteiger partial charge in [0.15, 0.2) is 0 Å². The molecule has 1 aromatic heterocycles. The Hall–Kier alpha value is -2.40. The number of fused-ring (bicyclic) bond motifs is 1. The Bertz CT molecular complexity index is 739. The standard InChI is InChI=1S/C20H23N3O2/c24-20(22-13-18-6-3-11-25-18)19-8-7-17(12-21-19)23-10-9-15-4-1-2-5-16(15)14-23/h1-2,4-5,7-8,12,18H,3,6,9-11,13-14H2,(H,22,24). The van der Waals surface area contributed by atoms with Crippen LogP contribution >= 0.6 is 0 Å². The van der Waals surface area contributed by atoms with Crippen LogP contribution in [0.3, 0.4) is 0 Å². The van der Waals surface area contributed by atoms with Gasteiger partial charge in [-0.3, -0.25) is 4.79 Å². The van der Waals surface area contributed by atoms with Crippen LogP contribution in [-0.2, 0) is 17.7 Å². The van der Waals surface area contributed by atoms with Crippen LogP contribution in [0, 0.1) is 0 Å². The number of aromatic nitrogens is 1. The Morgan fingerprint density at radius 2 is 2.12 bits per heavy atom. The van der Waals surface area contributed by atoms with Crippen molar-refractivity contribution in [3.8, 4) is 0 Å². The maximum Gasteiger partial charge on any atom is 0.269 e. The first-order valence-corrected chi connectivity index (χ1v) is 8.97. The van der Waals surface area contributed by atoms with Gasteiger partial charge < -0.3 is 15.0 Å². The highest BCUT2D eigenvalue weighted by Crippen LogP contribution is 2.23. The molecule has 2 aromatic rings. The zero-order chi connectivity index (χ0) is 17.1. The summed E-state index contributed by atoms with van der Waals surface area (Å²) in [5.41, 5.74) is 4.31. The summed E-state index contributed by atoms with van der Waals surface area (Å²) in [5, 5.41) is 2.91. The lowest BCUT2D eigenvalue weighted by Crippen LogP contribution is -2.32. The van der Waals surface area contributed by atoms with Crippen LogP contribution in [-0.4, -0.2) is 36.7 Å². The number of benzene rings is 1. The highest BCUT2D eigenvalue weighted by molar-refractivity contribution is 5.92. The van der Waals surface area contributed by atoms with Crippen molar-refractivity contribution < 1.29 is 9.53 Å². The second-order valence-electron chi connectivity index (χ2n) is 6.69. The van der Waals surface area contributed by atoms with Crippen molar-refractivity contribution in [3.63, 3.8) is 0 Å². The van der Waals surface area contributed by atoms with Gasteiger partial charge in [-0.25, -0.2) is 4.98 Å². The summed E-state index contributed by atoms with van der Waals surface area (Å²) in [6, 6.07) is 12.4. The number of nitrogens with one attached hydrogen (secondary N) is 1. The van der Waals surface area contributed by atoms with E-state index in [-0.39, 0.29) is 12.0 Å². The summed E-state index contributed by atoms with van der Waals surface area (Å²) in [4.78, 5) is 18.9. The van der Waals surface area contributed by atoms with Gasteiger partial charge in [0.05, 0.1) is 18.0 Å². The molecule has 1 N–H and O–H groups in total. The van der Waals surface area contributed by atoms with Gasteiger partial charge in [0, 0.05) is 26.2 Å². The minimum atomic E-state index is -0.133. The van der Waals surface area contributed by atoms with E-state index in [1.165, 1.54) is 11.1 Å². The van der Waals surface area contributed by atoms with Gasteiger partial charge in [0.2, 0.25) is 0 Å². The van der Waals surface area contributed by atoms with Gasteiger partial charge in [-0.15, -0.1) is 0 Å². The Labute approximate surface area is 148 Å². The van der Waals surface area contributed by atoms with E-state index < -0.39 is 0 Å². The van der Waals surface area contributed by atoms with E-state index >= 15 is 0 Å². The minimum Gasteiger partial charge on any atom is -0.376 e.